The summed E-state index contributed by atoms with van der Waals surface area (Å²) in [5.41, 5.74) is 5.43. The minimum absolute atomic E-state index is 0.341. The molecule has 1 aliphatic carbocycles. The van der Waals surface area contributed by atoms with E-state index in [1.165, 1.54) is 11.3 Å². The van der Waals surface area contributed by atoms with Crippen molar-refractivity contribution in [1.29, 1.82) is 0 Å². The molecule has 15 heavy (non-hydrogen) atoms. The predicted octanol–water partition coefficient (Wildman–Crippen LogP) is 0.895. The van der Waals surface area contributed by atoms with Crippen LogP contribution in [0.2, 0.25) is 0 Å². The molecule has 0 spiro atoms. The number of sulfonamides is 1. The number of hydrogen-bond donors (Lipinski definition) is 2. The van der Waals surface area contributed by atoms with Gasteiger partial charge >= 0.3 is 0 Å². The van der Waals surface area contributed by atoms with Gasteiger partial charge in [0.05, 0.1) is 4.90 Å². The van der Waals surface area contributed by atoms with Crippen molar-refractivity contribution in [3.8, 4) is 0 Å². The molecular formula is C9H14N2O2S2. The van der Waals surface area contributed by atoms with Crippen molar-refractivity contribution in [3.63, 3.8) is 0 Å². The highest BCUT2D eigenvalue weighted by Crippen LogP contribution is 2.28. The molecule has 1 aliphatic rings. The van der Waals surface area contributed by atoms with E-state index in [0.29, 0.717) is 23.9 Å². The van der Waals surface area contributed by atoms with E-state index in [9.17, 15) is 8.42 Å². The summed E-state index contributed by atoms with van der Waals surface area (Å²) in [7, 11) is -3.30. The summed E-state index contributed by atoms with van der Waals surface area (Å²) in [6.45, 7) is 0.957. The van der Waals surface area contributed by atoms with Crippen LogP contribution in [0.1, 0.15) is 17.7 Å². The first kappa shape index (κ1) is 11.1. The molecule has 0 aromatic carbocycles. The maximum Gasteiger partial charge on any atom is 0.241 e. The Morgan fingerprint density at radius 2 is 2.27 bits per heavy atom. The predicted molar refractivity (Wildman–Crippen MR) is 60.1 cm³/mol. The van der Waals surface area contributed by atoms with Crippen molar-refractivity contribution >= 4 is 21.4 Å². The Hall–Kier alpha value is -0.430. The standard InChI is InChI=1S/C9H14N2O2S2/c10-4-8-3-9(6-14-8)15(12,13)11-5-7-1-2-7/h3,6-7,11H,1-2,4-5,10H2. The molecule has 0 saturated heterocycles. The molecule has 0 amide bonds. The summed E-state index contributed by atoms with van der Waals surface area (Å²) in [6, 6.07) is 1.64. The average molecular weight is 246 g/mol. The molecule has 1 saturated carbocycles. The van der Waals surface area contributed by atoms with Gasteiger partial charge in [-0.2, -0.15) is 0 Å². The van der Waals surface area contributed by atoms with Crippen LogP contribution in [0.15, 0.2) is 16.3 Å². The Morgan fingerprint density at radius 3 is 2.80 bits per heavy atom. The van der Waals surface area contributed by atoms with E-state index in [1.54, 1.807) is 11.4 Å². The molecule has 1 aromatic heterocycles. The highest BCUT2D eigenvalue weighted by Gasteiger charge is 2.24. The lowest BCUT2D eigenvalue weighted by atomic mass is 10.4. The molecule has 0 radical (unpaired) electrons. The summed E-state index contributed by atoms with van der Waals surface area (Å²) < 4.78 is 26.1. The first-order valence-corrected chi connectivity index (χ1v) is 7.25. The van der Waals surface area contributed by atoms with E-state index in [2.05, 4.69) is 4.72 Å². The molecule has 4 nitrogen and oxygen atoms in total. The van der Waals surface area contributed by atoms with Crippen LogP contribution in [-0.4, -0.2) is 15.0 Å². The van der Waals surface area contributed by atoms with Crippen LogP contribution in [0, 0.1) is 5.92 Å². The quantitative estimate of drug-likeness (QED) is 0.810. The van der Waals surface area contributed by atoms with E-state index in [0.717, 1.165) is 17.7 Å². The zero-order valence-corrected chi connectivity index (χ0v) is 9.90. The molecule has 3 N–H and O–H groups in total. The van der Waals surface area contributed by atoms with Gasteiger partial charge in [-0.1, -0.05) is 0 Å². The van der Waals surface area contributed by atoms with E-state index in [4.69, 9.17) is 5.73 Å². The summed E-state index contributed by atoms with van der Waals surface area (Å²) in [4.78, 5) is 1.23. The fourth-order valence-electron chi connectivity index (χ4n) is 1.24. The molecule has 1 heterocycles. The third-order valence-corrected chi connectivity index (χ3v) is 4.91. The number of nitrogens with two attached hydrogens (primary N) is 1. The molecule has 6 heteroatoms. The van der Waals surface area contributed by atoms with Crippen molar-refractivity contribution in [2.45, 2.75) is 24.3 Å². The minimum Gasteiger partial charge on any atom is -0.326 e. The molecule has 0 aliphatic heterocycles. The number of thiophene rings is 1. The molecule has 0 atom stereocenters. The van der Waals surface area contributed by atoms with Gasteiger partial charge in [-0.05, 0) is 24.8 Å². The lowest BCUT2D eigenvalue weighted by Gasteiger charge is -2.02. The van der Waals surface area contributed by atoms with E-state index >= 15 is 0 Å². The molecule has 1 aromatic rings. The summed E-state index contributed by atoms with van der Waals surface area (Å²) >= 11 is 1.38. The number of rotatable bonds is 5. The molecular weight excluding hydrogens is 232 g/mol. The van der Waals surface area contributed by atoms with Crippen molar-refractivity contribution in [1.82, 2.24) is 4.72 Å². The molecule has 84 valence electrons. The Bertz CT molecular complexity index is 435. The van der Waals surface area contributed by atoms with Crippen LogP contribution >= 0.6 is 11.3 Å². The maximum atomic E-state index is 11.7. The third kappa shape index (κ3) is 2.78. The minimum atomic E-state index is -3.30. The average Bonchev–Trinajstić information content (AvgIpc) is 2.90. The van der Waals surface area contributed by atoms with Crippen LogP contribution in [0.3, 0.4) is 0 Å². The second kappa shape index (κ2) is 4.21. The van der Waals surface area contributed by atoms with Crippen LogP contribution < -0.4 is 10.5 Å². The Kier molecular flexibility index (Phi) is 3.11. The van der Waals surface area contributed by atoms with E-state index in [-0.39, 0.29) is 0 Å². The summed E-state index contributed by atoms with van der Waals surface area (Å²) in [5.74, 6) is 0.549. The first-order valence-electron chi connectivity index (χ1n) is 4.89. The lowest BCUT2D eigenvalue weighted by Crippen LogP contribution is -2.25. The maximum absolute atomic E-state index is 11.7. The van der Waals surface area contributed by atoms with Gasteiger partial charge in [0.2, 0.25) is 10.0 Å². The largest absolute Gasteiger partial charge is 0.326 e. The molecule has 0 bridgehead atoms. The molecule has 1 fully saturated rings. The summed E-state index contributed by atoms with van der Waals surface area (Å²) in [5, 5.41) is 1.64. The van der Waals surface area contributed by atoms with E-state index < -0.39 is 10.0 Å². The van der Waals surface area contributed by atoms with Gasteiger partial charge in [0.25, 0.3) is 0 Å². The van der Waals surface area contributed by atoms with Crippen molar-refractivity contribution in [2.75, 3.05) is 6.54 Å². The van der Waals surface area contributed by atoms with Crippen LogP contribution in [0.5, 0.6) is 0 Å². The van der Waals surface area contributed by atoms with Gasteiger partial charge in [-0.25, -0.2) is 13.1 Å². The second-order valence-electron chi connectivity index (χ2n) is 3.75. The highest BCUT2D eigenvalue weighted by atomic mass is 32.2. The second-order valence-corrected chi connectivity index (χ2v) is 6.51. The van der Waals surface area contributed by atoms with Gasteiger partial charge in [0, 0.05) is 23.3 Å². The van der Waals surface area contributed by atoms with Crippen LogP contribution in [-0.2, 0) is 16.6 Å². The zero-order chi connectivity index (χ0) is 10.9. The van der Waals surface area contributed by atoms with Gasteiger partial charge in [-0.3, -0.25) is 0 Å². The normalized spacial score (nSPS) is 16.9. The van der Waals surface area contributed by atoms with Gasteiger partial charge < -0.3 is 5.73 Å². The zero-order valence-electron chi connectivity index (χ0n) is 8.27. The van der Waals surface area contributed by atoms with E-state index in [1.807, 2.05) is 0 Å². The Morgan fingerprint density at radius 1 is 1.53 bits per heavy atom. The van der Waals surface area contributed by atoms with Crippen molar-refractivity contribution < 1.29 is 8.42 Å². The fraction of sp³-hybridized carbons (Fsp3) is 0.556. The molecule has 2 rings (SSSR count). The van der Waals surface area contributed by atoms with Gasteiger partial charge in [-0.15, -0.1) is 11.3 Å². The van der Waals surface area contributed by atoms with Gasteiger partial charge in [0.15, 0.2) is 0 Å². The number of hydrogen-bond acceptors (Lipinski definition) is 4. The Labute approximate surface area is 93.5 Å². The topological polar surface area (TPSA) is 72.2 Å². The first-order chi connectivity index (χ1) is 7.12. The number of nitrogens with one attached hydrogen (secondary N) is 1. The fourth-order valence-corrected chi connectivity index (χ4v) is 3.51. The monoisotopic (exact) mass is 246 g/mol. The lowest BCUT2D eigenvalue weighted by molar-refractivity contribution is 0.578. The van der Waals surface area contributed by atoms with Crippen molar-refractivity contribution in [3.05, 3.63) is 16.3 Å². The van der Waals surface area contributed by atoms with Crippen LogP contribution in [0.4, 0.5) is 0 Å². The SMILES string of the molecule is NCc1cc(S(=O)(=O)NCC2CC2)cs1. The smallest absolute Gasteiger partial charge is 0.241 e. The third-order valence-electron chi connectivity index (χ3n) is 2.40. The Balaban J connectivity index is 2.05. The van der Waals surface area contributed by atoms with Crippen LogP contribution in [0.25, 0.3) is 0 Å². The van der Waals surface area contributed by atoms with Crippen molar-refractivity contribution in [2.24, 2.45) is 11.7 Å². The molecule has 0 unspecified atom stereocenters. The summed E-state index contributed by atoms with van der Waals surface area (Å²) in [6.07, 6.45) is 2.28. The van der Waals surface area contributed by atoms with Gasteiger partial charge in [0.1, 0.15) is 0 Å². The highest BCUT2D eigenvalue weighted by molar-refractivity contribution is 7.89.